The van der Waals surface area contributed by atoms with Gasteiger partial charge in [0.1, 0.15) is 6.10 Å². The fourth-order valence-electron chi connectivity index (χ4n) is 4.11. The average molecular weight is 472 g/mol. The largest absolute Gasteiger partial charge is 0.368 e. The lowest BCUT2D eigenvalue weighted by molar-refractivity contribution is -0.142. The van der Waals surface area contributed by atoms with Crippen molar-refractivity contribution in [2.45, 2.75) is 30.8 Å². The first-order valence-electron chi connectivity index (χ1n) is 11.1. The van der Waals surface area contributed by atoms with Gasteiger partial charge >= 0.3 is 0 Å². The number of amides is 2. The van der Waals surface area contributed by atoms with Gasteiger partial charge in [0.25, 0.3) is 21.8 Å². The molecule has 33 heavy (non-hydrogen) atoms. The molecule has 0 radical (unpaired) electrons. The lowest BCUT2D eigenvalue weighted by atomic mass is 10.1. The summed E-state index contributed by atoms with van der Waals surface area (Å²) in [5.41, 5.74) is 1.94. The van der Waals surface area contributed by atoms with Crippen LogP contribution in [-0.4, -0.2) is 76.0 Å². The zero-order valence-electron chi connectivity index (χ0n) is 18.9. The van der Waals surface area contributed by atoms with Gasteiger partial charge in [0.05, 0.1) is 10.6 Å². The monoisotopic (exact) mass is 471 g/mol. The maximum Gasteiger partial charge on any atom is 0.264 e. The summed E-state index contributed by atoms with van der Waals surface area (Å²) in [6.45, 7) is 4.42. The third kappa shape index (κ3) is 4.89. The Bertz CT molecular complexity index is 1100. The number of carbonyl (C=O) groups excluding carboxylic acids is 2. The Morgan fingerprint density at radius 1 is 0.939 bits per heavy atom. The lowest BCUT2D eigenvalue weighted by Gasteiger charge is -2.35. The molecule has 2 aromatic carbocycles. The smallest absolute Gasteiger partial charge is 0.264 e. The average Bonchev–Trinajstić information content (AvgIpc) is 3.38. The molecule has 0 spiro atoms. The van der Waals surface area contributed by atoms with Crippen LogP contribution in [0.2, 0.25) is 0 Å². The minimum absolute atomic E-state index is 0.0155. The quantitative estimate of drug-likeness (QED) is 0.668. The van der Waals surface area contributed by atoms with Crippen LogP contribution >= 0.6 is 0 Å². The van der Waals surface area contributed by atoms with Crippen molar-refractivity contribution in [2.24, 2.45) is 0 Å². The van der Waals surface area contributed by atoms with Gasteiger partial charge in [-0.3, -0.25) is 13.9 Å². The van der Waals surface area contributed by atoms with Crippen molar-refractivity contribution in [3.63, 3.8) is 0 Å². The molecule has 2 saturated heterocycles. The highest BCUT2D eigenvalue weighted by Crippen LogP contribution is 2.23. The molecule has 0 N–H and O–H groups in total. The maximum atomic E-state index is 12.9. The molecule has 0 bridgehead atoms. The van der Waals surface area contributed by atoms with Gasteiger partial charge in [-0.25, -0.2) is 8.42 Å². The maximum absolute atomic E-state index is 12.9. The van der Waals surface area contributed by atoms with E-state index in [4.69, 9.17) is 4.74 Å². The summed E-state index contributed by atoms with van der Waals surface area (Å²) < 4.78 is 32.5. The SMILES string of the molecule is Cc1ccc(S(=O)(=O)N(C)c2ccc(C(=O)N3CCN(C(=O)C4CCCO4)CC3)cc2)cc1. The van der Waals surface area contributed by atoms with Crippen LogP contribution in [0.5, 0.6) is 0 Å². The molecule has 9 heteroatoms. The van der Waals surface area contributed by atoms with Gasteiger partial charge in [-0.05, 0) is 56.2 Å². The first-order valence-corrected chi connectivity index (χ1v) is 12.6. The standard InChI is InChI=1S/C24H29N3O5S/c1-18-5-11-21(12-6-18)33(30,31)25(2)20-9-7-19(8-10-20)23(28)26-13-15-27(16-14-26)24(29)22-4-3-17-32-22/h5-12,22H,3-4,13-17H2,1-2H3. The normalized spacial score (nSPS) is 18.9. The van der Waals surface area contributed by atoms with Crippen LogP contribution in [0.4, 0.5) is 5.69 Å². The number of rotatable bonds is 5. The van der Waals surface area contributed by atoms with Gasteiger partial charge < -0.3 is 14.5 Å². The fourth-order valence-corrected chi connectivity index (χ4v) is 5.31. The second-order valence-electron chi connectivity index (χ2n) is 8.45. The van der Waals surface area contributed by atoms with Gasteiger partial charge in [0, 0.05) is 45.4 Å². The molecule has 8 nitrogen and oxygen atoms in total. The van der Waals surface area contributed by atoms with Crippen molar-refractivity contribution >= 4 is 27.5 Å². The van der Waals surface area contributed by atoms with E-state index in [-0.39, 0.29) is 22.8 Å². The summed E-state index contributed by atoms with van der Waals surface area (Å²) in [6.07, 6.45) is 1.33. The van der Waals surface area contributed by atoms with Gasteiger partial charge in [-0.1, -0.05) is 17.7 Å². The Balaban J connectivity index is 1.38. The molecule has 2 aliphatic rings. The van der Waals surface area contributed by atoms with Crippen molar-refractivity contribution in [3.05, 3.63) is 59.7 Å². The highest BCUT2D eigenvalue weighted by molar-refractivity contribution is 7.92. The van der Waals surface area contributed by atoms with Gasteiger partial charge in [0.2, 0.25) is 0 Å². The van der Waals surface area contributed by atoms with E-state index in [0.29, 0.717) is 44.0 Å². The van der Waals surface area contributed by atoms with Gasteiger partial charge in [-0.15, -0.1) is 0 Å². The fraction of sp³-hybridized carbons (Fsp3) is 0.417. The highest BCUT2D eigenvalue weighted by atomic mass is 32.2. The van der Waals surface area contributed by atoms with E-state index in [1.54, 1.807) is 58.3 Å². The summed E-state index contributed by atoms with van der Waals surface area (Å²) in [5, 5.41) is 0. The van der Waals surface area contributed by atoms with Crippen molar-refractivity contribution in [3.8, 4) is 0 Å². The first-order chi connectivity index (χ1) is 15.8. The molecule has 1 atom stereocenters. The second-order valence-corrected chi connectivity index (χ2v) is 10.4. The molecule has 0 saturated carbocycles. The van der Waals surface area contributed by atoms with Crippen molar-refractivity contribution in [2.75, 3.05) is 44.1 Å². The zero-order valence-corrected chi connectivity index (χ0v) is 19.8. The molecular weight excluding hydrogens is 442 g/mol. The van der Waals surface area contributed by atoms with Crippen molar-refractivity contribution < 1.29 is 22.7 Å². The number of carbonyl (C=O) groups is 2. The van der Waals surface area contributed by atoms with Gasteiger partial charge in [0.15, 0.2) is 0 Å². The van der Waals surface area contributed by atoms with E-state index in [2.05, 4.69) is 0 Å². The topological polar surface area (TPSA) is 87.2 Å². The van der Waals surface area contributed by atoms with E-state index in [0.717, 1.165) is 18.4 Å². The van der Waals surface area contributed by atoms with E-state index < -0.39 is 10.0 Å². The highest BCUT2D eigenvalue weighted by Gasteiger charge is 2.31. The van der Waals surface area contributed by atoms with E-state index in [9.17, 15) is 18.0 Å². The van der Waals surface area contributed by atoms with Gasteiger partial charge in [-0.2, -0.15) is 0 Å². The molecule has 2 aliphatic heterocycles. The Hall–Kier alpha value is -2.91. The number of ether oxygens (including phenoxy) is 1. The van der Waals surface area contributed by atoms with Crippen LogP contribution < -0.4 is 4.31 Å². The molecule has 176 valence electrons. The summed E-state index contributed by atoms with van der Waals surface area (Å²) >= 11 is 0. The Labute approximate surface area is 194 Å². The number of sulfonamides is 1. The summed E-state index contributed by atoms with van der Waals surface area (Å²) in [7, 11) is -2.20. The lowest BCUT2D eigenvalue weighted by Crippen LogP contribution is -2.52. The second kappa shape index (κ2) is 9.52. The molecule has 0 aromatic heterocycles. The first kappa shape index (κ1) is 23.3. The number of hydrogen-bond acceptors (Lipinski definition) is 5. The van der Waals surface area contributed by atoms with Crippen LogP contribution in [0.3, 0.4) is 0 Å². The number of benzene rings is 2. The van der Waals surface area contributed by atoms with Crippen LogP contribution in [0.15, 0.2) is 53.4 Å². The molecule has 1 unspecified atom stereocenters. The Kier molecular flexibility index (Phi) is 6.71. The molecule has 4 rings (SSSR count). The zero-order chi connectivity index (χ0) is 23.6. The number of hydrogen-bond donors (Lipinski definition) is 0. The number of anilines is 1. The van der Waals surface area contributed by atoms with Crippen molar-refractivity contribution in [1.29, 1.82) is 0 Å². The molecule has 2 fully saturated rings. The minimum Gasteiger partial charge on any atom is -0.368 e. The predicted octanol–water partition coefficient (Wildman–Crippen LogP) is 2.28. The van der Waals surface area contributed by atoms with Crippen LogP contribution in [0.25, 0.3) is 0 Å². The molecule has 2 aromatic rings. The van der Waals surface area contributed by atoms with Crippen LogP contribution in [-0.2, 0) is 19.6 Å². The van der Waals surface area contributed by atoms with Crippen LogP contribution in [0, 0.1) is 6.92 Å². The number of aryl methyl sites for hydroxylation is 1. The Morgan fingerprint density at radius 2 is 1.55 bits per heavy atom. The Morgan fingerprint density at radius 3 is 2.12 bits per heavy atom. The predicted molar refractivity (Wildman–Crippen MR) is 125 cm³/mol. The third-order valence-electron chi connectivity index (χ3n) is 6.24. The number of nitrogens with zero attached hydrogens (tertiary/aromatic N) is 3. The van der Waals surface area contributed by atoms with E-state index in [1.165, 1.54) is 11.4 Å². The van der Waals surface area contributed by atoms with E-state index >= 15 is 0 Å². The van der Waals surface area contributed by atoms with Crippen molar-refractivity contribution in [1.82, 2.24) is 9.80 Å². The molecule has 0 aliphatic carbocycles. The summed E-state index contributed by atoms with van der Waals surface area (Å²) in [4.78, 5) is 29.1. The molecule has 2 amide bonds. The van der Waals surface area contributed by atoms with E-state index in [1.807, 2.05) is 6.92 Å². The summed E-state index contributed by atoms with van der Waals surface area (Å²) in [6, 6.07) is 13.2. The van der Waals surface area contributed by atoms with Crippen LogP contribution in [0.1, 0.15) is 28.8 Å². The summed E-state index contributed by atoms with van der Waals surface area (Å²) in [5.74, 6) is -0.114. The minimum atomic E-state index is -3.69. The number of piperazine rings is 1. The molecular formula is C24H29N3O5S. The molecule has 2 heterocycles. The third-order valence-corrected chi connectivity index (χ3v) is 8.04.